The zero-order chi connectivity index (χ0) is 21.7. The van der Waals surface area contributed by atoms with E-state index in [4.69, 9.17) is 9.47 Å². The van der Waals surface area contributed by atoms with Crippen LogP contribution >= 0.6 is 0 Å². The van der Waals surface area contributed by atoms with E-state index >= 15 is 0 Å². The van der Waals surface area contributed by atoms with E-state index in [1.807, 2.05) is 0 Å². The van der Waals surface area contributed by atoms with Crippen molar-refractivity contribution in [2.45, 2.75) is 6.54 Å². The number of amides is 1. The Morgan fingerprint density at radius 2 is 1.73 bits per heavy atom. The minimum absolute atomic E-state index is 0.0137. The Balaban J connectivity index is 1.90. The van der Waals surface area contributed by atoms with Crippen LogP contribution in [-0.2, 0) is 6.54 Å². The van der Waals surface area contributed by atoms with Crippen LogP contribution in [0.1, 0.15) is 15.9 Å². The highest BCUT2D eigenvalue weighted by atomic mass is 16.6. The molecular formula is C21H19N3O6. The third-order valence-corrected chi connectivity index (χ3v) is 4.38. The standard InChI is InChI=1S/C21H19N3O6/c1-29-15-10-14(11-16(12-15)30-2)13-23-9-5-6-17(21(23)26)20(25)22-18-7-3-4-8-19(18)24(27)28/h3-12H,13H2,1-2H3,(H,22,25). The SMILES string of the molecule is COc1cc(Cn2cccc(C(=O)Nc3ccccc3[N+](=O)[O-])c2=O)cc(OC)c1. The van der Waals surface area contributed by atoms with Gasteiger partial charge in [0, 0.05) is 18.3 Å². The normalized spacial score (nSPS) is 10.3. The van der Waals surface area contributed by atoms with Crippen molar-refractivity contribution >= 4 is 17.3 Å². The molecule has 0 aliphatic rings. The number of ether oxygens (including phenoxy) is 2. The molecule has 0 saturated heterocycles. The number of carbonyl (C=O) groups is 1. The van der Waals surface area contributed by atoms with Gasteiger partial charge in [-0.25, -0.2) is 0 Å². The number of pyridine rings is 1. The van der Waals surface area contributed by atoms with Crippen LogP contribution in [0.4, 0.5) is 11.4 Å². The van der Waals surface area contributed by atoms with Crippen LogP contribution in [0.5, 0.6) is 11.5 Å². The van der Waals surface area contributed by atoms with Gasteiger partial charge in [0.2, 0.25) is 0 Å². The molecule has 9 heteroatoms. The van der Waals surface area contributed by atoms with Crippen LogP contribution in [0.15, 0.2) is 65.6 Å². The molecule has 2 aromatic carbocycles. The summed E-state index contributed by atoms with van der Waals surface area (Å²) in [5, 5.41) is 13.6. The number of benzene rings is 2. The molecule has 1 amide bonds. The zero-order valence-corrected chi connectivity index (χ0v) is 16.3. The van der Waals surface area contributed by atoms with Gasteiger partial charge in [0.05, 0.1) is 25.7 Å². The Bertz CT molecular complexity index is 1130. The Kier molecular flexibility index (Phi) is 6.11. The average molecular weight is 409 g/mol. The fourth-order valence-corrected chi connectivity index (χ4v) is 2.92. The predicted octanol–water partition coefficient (Wildman–Crippen LogP) is 3.07. The first-order valence-corrected chi connectivity index (χ1v) is 8.89. The van der Waals surface area contributed by atoms with Gasteiger partial charge in [-0.15, -0.1) is 0 Å². The second-order valence-corrected chi connectivity index (χ2v) is 6.30. The van der Waals surface area contributed by atoms with E-state index < -0.39 is 16.4 Å². The lowest BCUT2D eigenvalue weighted by Crippen LogP contribution is -2.29. The number of anilines is 1. The fraction of sp³-hybridized carbons (Fsp3) is 0.143. The molecule has 0 radical (unpaired) electrons. The molecule has 0 aliphatic carbocycles. The van der Waals surface area contributed by atoms with Gasteiger partial charge in [-0.2, -0.15) is 0 Å². The van der Waals surface area contributed by atoms with E-state index in [-0.39, 0.29) is 23.5 Å². The number of rotatable bonds is 7. The molecule has 0 bridgehead atoms. The summed E-state index contributed by atoms with van der Waals surface area (Å²) in [6.45, 7) is 0.180. The molecule has 3 rings (SSSR count). The van der Waals surface area contributed by atoms with Crippen molar-refractivity contribution < 1.29 is 19.2 Å². The van der Waals surface area contributed by atoms with Crippen LogP contribution < -0.4 is 20.3 Å². The summed E-state index contributed by atoms with van der Waals surface area (Å²) in [6.07, 6.45) is 1.55. The third-order valence-electron chi connectivity index (χ3n) is 4.38. The van der Waals surface area contributed by atoms with E-state index in [9.17, 15) is 19.7 Å². The molecule has 0 saturated carbocycles. The Hall–Kier alpha value is -4.14. The molecular weight excluding hydrogens is 390 g/mol. The van der Waals surface area contributed by atoms with Crippen LogP contribution in [-0.4, -0.2) is 29.6 Å². The number of nitro groups is 1. The summed E-state index contributed by atoms with van der Waals surface area (Å²) in [5.74, 6) is 0.414. The highest BCUT2D eigenvalue weighted by Gasteiger charge is 2.18. The minimum Gasteiger partial charge on any atom is -0.497 e. The van der Waals surface area contributed by atoms with Crippen molar-refractivity contribution in [3.63, 3.8) is 0 Å². The molecule has 154 valence electrons. The summed E-state index contributed by atoms with van der Waals surface area (Å²) in [5.41, 5.74) is -0.171. The van der Waals surface area contributed by atoms with Crippen molar-refractivity contribution in [3.8, 4) is 11.5 Å². The van der Waals surface area contributed by atoms with Gasteiger partial charge in [0.15, 0.2) is 0 Å². The molecule has 0 spiro atoms. The first-order chi connectivity index (χ1) is 14.4. The second-order valence-electron chi connectivity index (χ2n) is 6.30. The van der Waals surface area contributed by atoms with Crippen molar-refractivity contribution in [3.05, 3.63) is 92.4 Å². The third kappa shape index (κ3) is 4.46. The number of aromatic nitrogens is 1. The lowest BCUT2D eigenvalue weighted by molar-refractivity contribution is -0.383. The Morgan fingerprint density at radius 1 is 1.07 bits per heavy atom. The summed E-state index contributed by atoms with van der Waals surface area (Å²) < 4.78 is 11.8. The molecule has 1 heterocycles. The van der Waals surface area contributed by atoms with Crippen molar-refractivity contribution in [2.24, 2.45) is 0 Å². The molecule has 1 aromatic heterocycles. The zero-order valence-electron chi connectivity index (χ0n) is 16.3. The van der Waals surface area contributed by atoms with Gasteiger partial charge in [-0.05, 0) is 35.9 Å². The number of carbonyl (C=O) groups excluding carboxylic acids is 1. The number of hydrogen-bond acceptors (Lipinski definition) is 6. The molecule has 0 aliphatic heterocycles. The van der Waals surface area contributed by atoms with Gasteiger partial charge in [-0.1, -0.05) is 12.1 Å². The average Bonchev–Trinajstić information content (AvgIpc) is 2.75. The first-order valence-electron chi connectivity index (χ1n) is 8.89. The van der Waals surface area contributed by atoms with Crippen LogP contribution in [0.2, 0.25) is 0 Å². The van der Waals surface area contributed by atoms with Gasteiger partial charge >= 0.3 is 0 Å². The molecule has 30 heavy (non-hydrogen) atoms. The highest BCUT2D eigenvalue weighted by molar-refractivity contribution is 6.05. The van der Waals surface area contributed by atoms with Crippen LogP contribution in [0, 0.1) is 10.1 Å². The van der Waals surface area contributed by atoms with Gasteiger partial charge in [0.1, 0.15) is 22.7 Å². The molecule has 0 atom stereocenters. The summed E-state index contributed by atoms with van der Waals surface area (Å²) in [6, 6.07) is 13.9. The van der Waals surface area contributed by atoms with Crippen molar-refractivity contribution in [2.75, 3.05) is 19.5 Å². The van der Waals surface area contributed by atoms with E-state index in [1.165, 1.54) is 43.1 Å². The van der Waals surface area contributed by atoms with Gasteiger partial charge in [-0.3, -0.25) is 19.7 Å². The molecule has 3 aromatic rings. The number of nitro benzene ring substituents is 1. The summed E-state index contributed by atoms with van der Waals surface area (Å²) in [4.78, 5) is 36.0. The lowest BCUT2D eigenvalue weighted by Gasteiger charge is -2.11. The maximum Gasteiger partial charge on any atom is 0.292 e. The Morgan fingerprint density at radius 3 is 2.37 bits per heavy atom. The van der Waals surface area contributed by atoms with E-state index in [0.29, 0.717) is 11.5 Å². The summed E-state index contributed by atoms with van der Waals surface area (Å²) in [7, 11) is 3.05. The molecule has 0 fully saturated rings. The molecule has 0 unspecified atom stereocenters. The van der Waals surface area contributed by atoms with E-state index in [0.717, 1.165) is 5.56 Å². The minimum atomic E-state index is -0.730. The number of para-hydroxylation sites is 2. The number of methoxy groups -OCH3 is 2. The van der Waals surface area contributed by atoms with Gasteiger partial charge in [0.25, 0.3) is 17.2 Å². The second kappa shape index (κ2) is 8.91. The largest absolute Gasteiger partial charge is 0.497 e. The maximum absolute atomic E-state index is 12.8. The Labute approximate surface area is 171 Å². The van der Waals surface area contributed by atoms with Crippen molar-refractivity contribution in [1.29, 1.82) is 0 Å². The smallest absolute Gasteiger partial charge is 0.292 e. The molecule has 1 N–H and O–H groups in total. The highest BCUT2D eigenvalue weighted by Crippen LogP contribution is 2.24. The number of nitrogens with zero attached hydrogens (tertiary/aromatic N) is 2. The van der Waals surface area contributed by atoms with E-state index in [1.54, 1.807) is 36.5 Å². The summed E-state index contributed by atoms with van der Waals surface area (Å²) >= 11 is 0. The van der Waals surface area contributed by atoms with Crippen LogP contribution in [0.3, 0.4) is 0 Å². The maximum atomic E-state index is 12.8. The lowest BCUT2D eigenvalue weighted by atomic mass is 10.2. The fourth-order valence-electron chi connectivity index (χ4n) is 2.92. The van der Waals surface area contributed by atoms with Crippen molar-refractivity contribution in [1.82, 2.24) is 4.57 Å². The monoisotopic (exact) mass is 409 g/mol. The van der Waals surface area contributed by atoms with Crippen LogP contribution in [0.25, 0.3) is 0 Å². The topological polar surface area (TPSA) is 113 Å². The number of nitrogens with one attached hydrogen (secondary N) is 1. The predicted molar refractivity (Wildman–Crippen MR) is 110 cm³/mol. The quantitative estimate of drug-likeness (QED) is 0.474. The first kappa shape index (κ1) is 20.6. The van der Waals surface area contributed by atoms with Gasteiger partial charge < -0.3 is 19.4 Å². The van der Waals surface area contributed by atoms with E-state index in [2.05, 4.69) is 5.32 Å². The molecule has 9 nitrogen and oxygen atoms in total. The number of hydrogen-bond donors (Lipinski definition) is 1.